The van der Waals surface area contributed by atoms with Crippen LogP contribution in [-0.2, 0) is 17.8 Å². The molecule has 2 aromatic heterocycles. The van der Waals surface area contributed by atoms with Crippen LogP contribution in [0.25, 0.3) is 0 Å². The monoisotopic (exact) mass is 519 g/mol. The van der Waals surface area contributed by atoms with Crippen molar-refractivity contribution in [3.05, 3.63) is 53.5 Å². The molecule has 3 aromatic rings. The Kier molecular flexibility index (Phi) is 5.45. The number of fused-ring (bicyclic) bond motifs is 2. The highest BCUT2D eigenvalue weighted by atomic mass is 32.2. The Morgan fingerprint density at radius 3 is 2.70 bits per heavy atom. The van der Waals surface area contributed by atoms with Gasteiger partial charge < -0.3 is 29.5 Å². The zero-order valence-electron chi connectivity index (χ0n) is 20.7. The highest BCUT2D eigenvalue weighted by Crippen LogP contribution is 2.44. The summed E-state index contributed by atoms with van der Waals surface area (Å²) in [6, 6.07) is 10.3. The van der Waals surface area contributed by atoms with E-state index in [0.29, 0.717) is 25.5 Å². The summed E-state index contributed by atoms with van der Waals surface area (Å²) in [6.45, 7) is 5.19. The summed E-state index contributed by atoms with van der Waals surface area (Å²) in [5.74, 6) is 3.22. The fourth-order valence-electron chi connectivity index (χ4n) is 5.60. The number of aliphatic hydroxyl groups is 1. The molecule has 2 N–H and O–H groups in total. The zero-order chi connectivity index (χ0) is 25.0. The average molecular weight is 520 g/mol. The van der Waals surface area contributed by atoms with Gasteiger partial charge in [0, 0.05) is 38.5 Å². The molecule has 4 aliphatic heterocycles. The minimum absolute atomic E-state index is 0.142. The van der Waals surface area contributed by atoms with Crippen molar-refractivity contribution in [3.63, 3.8) is 0 Å². The standard InChI is InChI=1S/C27H29N5O4S/c1-17-25(37-21-6-9-28-23-22(21)35-16-26(31-23)14-34-15-26)30-19(13-33)24(29-17)32-10-7-27(8-11-32)12-18-4-2-3-5-20(18)36-27/h2-6,9,33H,7-8,10-16H2,1H3,(H,28,31). The molecule has 192 valence electrons. The Morgan fingerprint density at radius 2 is 1.95 bits per heavy atom. The van der Waals surface area contributed by atoms with E-state index in [4.69, 9.17) is 24.2 Å². The highest BCUT2D eigenvalue weighted by molar-refractivity contribution is 7.99. The van der Waals surface area contributed by atoms with Crippen molar-refractivity contribution >= 4 is 23.4 Å². The van der Waals surface area contributed by atoms with Crippen molar-refractivity contribution in [1.82, 2.24) is 15.0 Å². The first kappa shape index (κ1) is 23.1. The third kappa shape index (κ3) is 3.98. The van der Waals surface area contributed by atoms with Crippen LogP contribution in [0.4, 0.5) is 11.6 Å². The van der Waals surface area contributed by atoms with Gasteiger partial charge in [-0.1, -0.05) is 30.0 Å². The Hall–Kier alpha value is -3.08. The molecular formula is C27H29N5O4S. The number of aromatic nitrogens is 3. The molecule has 2 saturated heterocycles. The molecule has 2 spiro atoms. The lowest BCUT2D eigenvalue weighted by molar-refractivity contribution is -0.0652. The van der Waals surface area contributed by atoms with E-state index in [1.54, 1.807) is 6.20 Å². The molecule has 37 heavy (non-hydrogen) atoms. The smallest absolute Gasteiger partial charge is 0.175 e. The van der Waals surface area contributed by atoms with Crippen molar-refractivity contribution in [1.29, 1.82) is 0 Å². The Morgan fingerprint density at radius 1 is 1.11 bits per heavy atom. The molecule has 9 nitrogen and oxygen atoms in total. The molecule has 0 radical (unpaired) electrons. The normalized spacial score (nSPS) is 20.4. The second-order valence-electron chi connectivity index (χ2n) is 10.4. The van der Waals surface area contributed by atoms with Gasteiger partial charge in [-0.15, -0.1) is 0 Å². The maximum Gasteiger partial charge on any atom is 0.175 e. The van der Waals surface area contributed by atoms with Gasteiger partial charge in [-0.25, -0.2) is 15.0 Å². The van der Waals surface area contributed by atoms with Gasteiger partial charge in [-0.2, -0.15) is 0 Å². The number of hydrogen-bond acceptors (Lipinski definition) is 10. The molecule has 10 heteroatoms. The number of rotatable bonds is 4. The lowest BCUT2D eigenvalue weighted by atomic mass is 9.87. The fraction of sp³-hybridized carbons (Fsp3) is 0.444. The number of nitrogens with one attached hydrogen (secondary N) is 1. The molecule has 0 aliphatic carbocycles. The molecule has 2 fully saturated rings. The molecule has 0 unspecified atom stereocenters. The van der Waals surface area contributed by atoms with Crippen LogP contribution in [-0.4, -0.2) is 64.1 Å². The summed E-state index contributed by atoms with van der Waals surface area (Å²) in [6.07, 6.45) is 4.53. The van der Waals surface area contributed by atoms with Crippen LogP contribution in [0.3, 0.4) is 0 Å². The van der Waals surface area contributed by atoms with E-state index in [-0.39, 0.29) is 17.7 Å². The second-order valence-corrected chi connectivity index (χ2v) is 11.4. The van der Waals surface area contributed by atoms with E-state index in [2.05, 4.69) is 33.4 Å². The fourth-order valence-corrected chi connectivity index (χ4v) is 6.53. The van der Waals surface area contributed by atoms with Gasteiger partial charge in [-0.05, 0) is 24.6 Å². The SMILES string of the molecule is Cc1nc(N2CCC3(CC2)Cc2ccccc2O3)c(CO)nc1Sc1ccnc2c1OCC1(COC1)N2. The molecule has 1 aromatic carbocycles. The van der Waals surface area contributed by atoms with Crippen molar-refractivity contribution in [2.24, 2.45) is 0 Å². The second kappa shape index (κ2) is 8.75. The average Bonchev–Trinajstić information content (AvgIpc) is 3.26. The number of piperidine rings is 1. The van der Waals surface area contributed by atoms with E-state index in [1.807, 2.05) is 19.1 Å². The number of hydrogen-bond donors (Lipinski definition) is 2. The topological polar surface area (TPSA) is 102 Å². The van der Waals surface area contributed by atoms with E-state index in [0.717, 1.165) is 71.1 Å². The molecule has 6 heterocycles. The van der Waals surface area contributed by atoms with Crippen molar-refractivity contribution < 1.29 is 19.3 Å². The Balaban J connectivity index is 1.09. The van der Waals surface area contributed by atoms with Crippen LogP contribution in [0.5, 0.6) is 11.5 Å². The summed E-state index contributed by atoms with van der Waals surface area (Å²) in [5.41, 5.74) is 2.38. The maximum absolute atomic E-state index is 10.2. The first-order valence-corrected chi connectivity index (χ1v) is 13.5. The summed E-state index contributed by atoms with van der Waals surface area (Å²) < 4.78 is 17.9. The third-order valence-corrected chi connectivity index (χ3v) is 8.84. The molecule has 0 amide bonds. The summed E-state index contributed by atoms with van der Waals surface area (Å²) >= 11 is 1.49. The van der Waals surface area contributed by atoms with Crippen LogP contribution in [0.15, 0.2) is 46.5 Å². The number of aliphatic hydroxyl groups excluding tert-OH is 1. The van der Waals surface area contributed by atoms with Crippen LogP contribution in [0.2, 0.25) is 0 Å². The van der Waals surface area contributed by atoms with Gasteiger partial charge >= 0.3 is 0 Å². The lowest BCUT2D eigenvalue weighted by Gasteiger charge is -2.45. The van der Waals surface area contributed by atoms with Crippen LogP contribution in [0, 0.1) is 6.92 Å². The van der Waals surface area contributed by atoms with Gasteiger partial charge in [0.2, 0.25) is 0 Å². The largest absolute Gasteiger partial charge is 0.487 e. The number of aryl methyl sites for hydroxylation is 1. The number of ether oxygens (including phenoxy) is 3. The van der Waals surface area contributed by atoms with Gasteiger partial charge in [0.25, 0.3) is 0 Å². The summed E-state index contributed by atoms with van der Waals surface area (Å²) in [7, 11) is 0. The molecular weight excluding hydrogens is 490 g/mol. The van der Waals surface area contributed by atoms with Gasteiger partial charge in [0.05, 0.1) is 30.4 Å². The first-order chi connectivity index (χ1) is 18.1. The highest BCUT2D eigenvalue weighted by Gasteiger charge is 2.44. The molecule has 7 rings (SSSR count). The van der Waals surface area contributed by atoms with E-state index < -0.39 is 0 Å². The predicted octanol–water partition coefficient (Wildman–Crippen LogP) is 3.37. The number of para-hydroxylation sites is 1. The molecule has 0 saturated carbocycles. The van der Waals surface area contributed by atoms with E-state index in [1.165, 1.54) is 17.3 Å². The Bertz CT molecular complexity index is 1330. The molecule has 0 atom stereocenters. The van der Waals surface area contributed by atoms with E-state index >= 15 is 0 Å². The first-order valence-electron chi connectivity index (χ1n) is 12.7. The minimum atomic E-state index is -0.177. The van der Waals surface area contributed by atoms with E-state index in [9.17, 15) is 5.11 Å². The maximum atomic E-state index is 10.2. The predicted molar refractivity (Wildman–Crippen MR) is 139 cm³/mol. The van der Waals surface area contributed by atoms with Crippen LogP contribution >= 0.6 is 11.8 Å². The molecule has 4 aliphatic rings. The zero-order valence-corrected chi connectivity index (χ0v) is 21.5. The summed E-state index contributed by atoms with van der Waals surface area (Å²) in [5, 5.41) is 14.5. The third-order valence-electron chi connectivity index (χ3n) is 7.72. The van der Waals surface area contributed by atoms with Crippen molar-refractivity contribution in [3.8, 4) is 11.5 Å². The minimum Gasteiger partial charge on any atom is -0.487 e. The molecule has 0 bridgehead atoms. The van der Waals surface area contributed by atoms with Gasteiger partial charge in [-0.3, -0.25) is 0 Å². The van der Waals surface area contributed by atoms with Crippen LogP contribution < -0.4 is 19.7 Å². The number of anilines is 2. The Labute approximate surface area is 219 Å². The van der Waals surface area contributed by atoms with Gasteiger partial charge in [0.1, 0.15) is 34.2 Å². The van der Waals surface area contributed by atoms with Crippen molar-refractivity contribution in [2.45, 2.75) is 53.9 Å². The lowest BCUT2D eigenvalue weighted by Crippen LogP contribution is -2.61. The number of pyridine rings is 1. The van der Waals surface area contributed by atoms with Crippen molar-refractivity contribution in [2.75, 3.05) is 43.1 Å². The summed E-state index contributed by atoms with van der Waals surface area (Å²) in [4.78, 5) is 17.4. The van der Waals surface area contributed by atoms with Crippen LogP contribution in [0.1, 0.15) is 29.8 Å². The van der Waals surface area contributed by atoms with Gasteiger partial charge in [0.15, 0.2) is 17.4 Å². The quantitative estimate of drug-likeness (QED) is 0.533. The number of nitrogens with zero attached hydrogens (tertiary/aromatic N) is 4. The number of benzene rings is 1.